The zero-order valence-electron chi connectivity index (χ0n) is 11.4. The number of piperazine rings is 1. The molecule has 2 heterocycles. The predicted octanol–water partition coefficient (Wildman–Crippen LogP) is 2.13. The van der Waals surface area contributed by atoms with E-state index in [-0.39, 0.29) is 0 Å². The number of nitrogens with zero attached hydrogens (tertiary/aromatic N) is 2. The van der Waals surface area contributed by atoms with E-state index in [1.165, 1.54) is 4.88 Å². The molecule has 3 rings (SSSR count). The second-order valence-electron chi connectivity index (χ2n) is 4.85. The minimum absolute atomic E-state index is 0.552. The fourth-order valence-corrected chi connectivity index (χ4v) is 3.12. The first-order chi connectivity index (χ1) is 9.90. The summed E-state index contributed by atoms with van der Waals surface area (Å²) in [6.45, 7) is 5.97. The smallest absolute Gasteiger partial charge is 0.140 e. The summed E-state index contributed by atoms with van der Waals surface area (Å²) in [5.74, 6) is 0.895. The second-order valence-corrected chi connectivity index (χ2v) is 6.05. The molecular weight excluding hydrogens is 270 g/mol. The predicted molar refractivity (Wildman–Crippen MR) is 81.0 cm³/mol. The molecule has 1 aromatic carbocycles. The Labute approximate surface area is 123 Å². The van der Waals surface area contributed by atoms with Crippen LogP contribution in [-0.4, -0.2) is 36.1 Å². The average molecular weight is 289 g/mol. The summed E-state index contributed by atoms with van der Waals surface area (Å²) < 4.78 is 5.72. The molecule has 0 radical (unpaired) electrons. The molecule has 0 atom stereocenters. The van der Waals surface area contributed by atoms with Crippen LogP contribution in [0.4, 0.5) is 0 Å². The van der Waals surface area contributed by atoms with Gasteiger partial charge in [0.05, 0.1) is 0 Å². The zero-order chi connectivity index (χ0) is 13.6. The normalized spacial score (nSPS) is 16.2. The number of nitrogens with one attached hydrogen (secondary N) is 1. The van der Waals surface area contributed by atoms with Gasteiger partial charge in [-0.25, -0.2) is 4.98 Å². The molecule has 0 bridgehead atoms. The summed E-state index contributed by atoms with van der Waals surface area (Å²) in [6.07, 6.45) is 1.98. The molecule has 5 heteroatoms. The zero-order valence-corrected chi connectivity index (χ0v) is 12.2. The first-order valence-electron chi connectivity index (χ1n) is 6.95. The molecule has 1 fully saturated rings. The van der Waals surface area contributed by atoms with Crippen molar-refractivity contribution in [1.29, 1.82) is 0 Å². The lowest BCUT2D eigenvalue weighted by Crippen LogP contribution is -2.42. The van der Waals surface area contributed by atoms with Gasteiger partial charge in [-0.2, -0.15) is 0 Å². The van der Waals surface area contributed by atoms with Crippen molar-refractivity contribution in [1.82, 2.24) is 15.2 Å². The van der Waals surface area contributed by atoms with E-state index in [0.29, 0.717) is 6.61 Å². The van der Waals surface area contributed by atoms with E-state index < -0.39 is 0 Å². The van der Waals surface area contributed by atoms with Crippen LogP contribution in [-0.2, 0) is 13.2 Å². The van der Waals surface area contributed by atoms with Crippen molar-refractivity contribution in [2.45, 2.75) is 13.2 Å². The van der Waals surface area contributed by atoms with E-state index in [4.69, 9.17) is 4.74 Å². The van der Waals surface area contributed by atoms with Crippen molar-refractivity contribution in [3.05, 3.63) is 46.4 Å². The molecule has 1 aromatic heterocycles. The Morgan fingerprint density at radius 1 is 1.20 bits per heavy atom. The minimum Gasteiger partial charge on any atom is -0.486 e. The van der Waals surface area contributed by atoms with E-state index in [1.807, 2.05) is 36.5 Å². The van der Waals surface area contributed by atoms with Crippen LogP contribution in [0.1, 0.15) is 9.88 Å². The van der Waals surface area contributed by atoms with Gasteiger partial charge >= 0.3 is 0 Å². The highest BCUT2D eigenvalue weighted by molar-refractivity contribution is 7.11. The Balaban J connectivity index is 1.51. The standard InChI is InChI=1S/C15H19N3OS/c1-2-4-13(5-3-1)19-12-15-17-10-14(20-15)11-18-8-6-16-7-9-18/h1-5,10,16H,6-9,11-12H2. The fraction of sp³-hybridized carbons (Fsp3) is 0.400. The molecule has 0 amide bonds. The SMILES string of the molecule is c1ccc(OCc2ncc(CN3CCNCC3)s2)cc1. The van der Waals surface area contributed by atoms with Gasteiger partial charge in [-0.05, 0) is 12.1 Å². The van der Waals surface area contributed by atoms with Gasteiger partial charge in [-0.15, -0.1) is 11.3 Å². The molecule has 4 nitrogen and oxygen atoms in total. The Morgan fingerprint density at radius 3 is 2.80 bits per heavy atom. The Hall–Kier alpha value is -1.43. The number of hydrogen-bond acceptors (Lipinski definition) is 5. The van der Waals surface area contributed by atoms with Crippen LogP contribution in [0.2, 0.25) is 0 Å². The minimum atomic E-state index is 0.552. The maximum absolute atomic E-state index is 5.72. The molecule has 2 aromatic rings. The van der Waals surface area contributed by atoms with Gasteiger partial charge in [0.15, 0.2) is 0 Å². The molecule has 1 N–H and O–H groups in total. The van der Waals surface area contributed by atoms with Crippen molar-refractivity contribution in [3.63, 3.8) is 0 Å². The molecule has 0 spiro atoms. The maximum Gasteiger partial charge on any atom is 0.140 e. The molecule has 20 heavy (non-hydrogen) atoms. The van der Waals surface area contributed by atoms with Crippen LogP contribution in [0.15, 0.2) is 36.5 Å². The first kappa shape index (κ1) is 13.5. The first-order valence-corrected chi connectivity index (χ1v) is 7.76. The number of para-hydroxylation sites is 1. The van der Waals surface area contributed by atoms with Crippen molar-refractivity contribution in [2.75, 3.05) is 26.2 Å². The summed E-state index contributed by atoms with van der Waals surface area (Å²) in [7, 11) is 0. The number of thiazole rings is 1. The monoisotopic (exact) mass is 289 g/mol. The van der Waals surface area contributed by atoms with Gasteiger partial charge in [0, 0.05) is 43.8 Å². The van der Waals surface area contributed by atoms with Crippen molar-refractivity contribution >= 4 is 11.3 Å². The third-order valence-corrected chi connectivity index (χ3v) is 4.25. The number of benzene rings is 1. The van der Waals surface area contributed by atoms with E-state index >= 15 is 0 Å². The van der Waals surface area contributed by atoms with Crippen LogP contribution in [0.5, 0.6) is 5.75 Å². The largest absolute Gasteiger partial charge is 0.486 e. The van der Waals surface area contributed by atoms with Crippen molar-refractivity contribution < 1.29 is 4.74 Å². The summed E-state index contributed by atoms with van der Waals surface area (Å²) in [5.41, 5.74) is 0. The quantitative estimate of drug-likeness (QED) is 0.915. The summed E-state index contributed by atoms with van der Waals surface area (Å²) in [6, 6.07) is 9.88. The van der Waals surface area contributed by atoms with E-state index in [0.717, 1.165) is 43.5 Å². The number of ether oxygens (including phenoxy) is 1. The highest BCUT2D eigenvalue weighted by Crippen LogP contribution is 2.18. The third-order valence-electron chi connectivity index (χ3n) is 3.30. The molecule has 1 aliphatic heterocycles. The number of hydrogen-bond donors (Lipinski definition) is 1. The van der Waals surface area contributed by atoms with Gasteiger partial charge in [0.2, 0.25) is 0 Å². The Bertz CT molecular complexity index is 523. The molecule has 1 saturated heterocycles. The summed E-state index contributed by atoms with van der Waals surface area (Å²) >= 11 is 1.75. The lowest BCUT2D eigenvalue weighted by Gasteiger charge is -2.26. The molecule has 0 unspecified atom stereocenters. The molecule has 1 aliphatic rings. The fourth-order valence-electron chi connectivity index (χ4n) is 2.24. The number of aromatic nitrogens is 1. The molecule has 0 saturated carbocycles. The van der Waals surface area contributed by atoms with Crippen molar-refractivity contribution in [3.8, 4) is 5.75 Å². The summed E-state index contributed by atoms with van der Waals surface area (Å²) in [4.78, 5) is 8.23. The highest BCUT2D eigenvalue weighted by atomic mass is 32.1. The molecular formula is C15H19N3OS. The van der Waals surface area contributed by atoms with Gasteiger partial charge in [0.1, 0.15) is 17.4 Å². The highest BCUT2D eigenvalue weighted by Gasteiger charge is 2.11. The number of rotatable bonds is 5. The van der Waals surface area contributed by atoms with Crippen LogP contribution in [0.3, 0.4) is 0 Å². The summed E-state index contributed by atoms with van der Waals surface area (Å²) in [5, 5.41) is 4.41. The van der Waals surface area contributed by atoms with Gasteiger partial charge in [-0.3, -0.25) is 4.90 Å². The van der Waals surface area contributed by atoms with Crippen LogP contribution >= 0.6 is 11.3 Å². The van der Waals surface area contributed by atoms with Crippen molar-refractivity contribution in [2.24, 2.45) is 0 Å². The lowest BCUT2D eigenvalue weighted by atomic mass is 10.3. The van der Waals surface area contributed by atoms with Gasteiger partial charge in [0.25, 0.3) is 0 Å². The van der Waals surface area contributed by atoms with Crippen LogP contribution in [0, 0.1) is 0 Å². The molecule has 106 valence electrons. The maximum atomic E-state index is 5.72. The van der Waals surface area contributed by atoms with Gasteiger partial charge in [-0.1, -0.05) is 18.2 Å². The Kier molecular flexibility index (Phi) is 4.63. The van der Waals surface area contributed by atoms with Gasteiger partial charge < -0.3 is 10.1 Å². The van der Waals surface area contributed by atoms with Crippen LogP contribution < -0.4 is 10.1 Å². The molecule has 0 aliphatic carbocycles. The van der Waals surface area contributed by atoms with Crippen LogP contribution in [0.25, 0.3) is 0 Å². The average Bonchev–Trinajstić information content (AvgIpc) is 2.95. The third kappa shape index (κ3) is 3.79. The topological polar surface area (TPSA) is 37.4 Å². The Morgan fingerprint density at radius 2 is 2.00 bits per heavy atom. The lowest BCUT2D eigenvalue weighted by molar-refractivity contribution is 0.235. The second kappa shape index (κ2) is 6.83. The van der Waals surface area contributed by atoms with E-state index in [1.54, 1.807) is 11.3 Å². The van der Waals surface area contributed by atoms with E-state index in [9.17, 15) is 0 Å². The van der Waals surface area contributed by atoms with E-state index in [2.05, 4.69) is 15.2 Å².